The van der Waals surface area contributed by atoms with Crippen molar-refractivity contribution in [3.63, 3.8) is 0 Å². The molecule has 0 aliphatic carbocycles. The van der Waals surface area contributed by atoms with Crippen molar-refractivity contribution in [2.75, 3.05) is 13.1 Å². The fourth-order valence-corrected chi connectivity index (χ4v) is 3.56. The lowest BCUT2D eigenvalue weighted by atomic mass is 10.1. The van der Waals surface area contributed by atoms with Gasteiger partial charge >= 0.3 is 0 Å². The minimum atomic E-state index is -0.221. The second-order valence-electron chi connectivity index (χ2n) is 6.96. The summed E-state index contributed by atoms with van der Waals surface area (Å²) in [6.45, 7) is 1.00. The summed E-state index contributed by atoms with van der Waals surface area (Å²) in [6, 6.07) is 10.6. The van der Waals surface area contributed by atoms with Gasteiger partial charge in [-0.05, 0) is 30.7 Å². The lowest BCUT2D eigenvalue weighted by Gasteiger charge is -2.16. The van der Waals surface area contributed by atoms with Crippen LogP contribution in [0.2, 0.25) is 0 Å². The molecular formula is C20H17N5O4. The number of fused-ring (bicyclic) bond motifs is 1. The van der Waals surface area contributed by atoms with Crippen molar-refractivity contribution in [1.29, 1.82) is 0 Å². The molecule has 1 amide bonds. The van der Waals surface area contributed by atoms with E-state index < -0.39 is 0 Å². The molecule has 0 saturated carbocycles. The first-order valence-electron chi connectivity index (χ1n) is 9.28. The Hall–Kier alpha value is -3.75. The van der Waals surface area contributed by atoms with Crippen LogP contribution in [-0.2, 0) is 11.3 Å². The lowest BCUT2D eigenvalue weighted by Crippen LogP contribution is -2.35. The normalized spacial score (nSPS) is 16.6. The zero-order chi connectivity index (χ0) is 19.8. The number of para-hydroxylation sites is 1. The third-order valence-corrected chi connectivity index (χ3v) is 5.12. The van der Waals surface area contributed by atoms with Gasteiger partial charge in [-0.3, -0.25) is 14.2 Å². The van der Waals surface area contributed by atoms with Crippen LogP contribution in [0.5, 0.6) is 0 Å². The first-order chi connectivity index (χ1) is 14.2. The van der Waals surface area contributed by atoms with Crippen molar-refractivity contribution < 1.29 is 13.7 Å². The minimum absolute atomic E-state index is 0.0159. The Kier molecular flexibility index (Phi) is 4.19. The summed E-state index contributed by atoms with van der Waals surface area (Å²) in [5.41, 5.74) is 0.396. The highest BCUT2D eigenvalue weighted by atomic mass is 16.5. The number of aromatic nitrogens is 4. The SMILES string of the molecule is O=C(Cn1cnc2ccccc2c1=O)N1CCC(c2noc(-c3ccco3)n2)C1. The Labute approximate surface area is 164 Å². The molecule has 3 aromatic heterocycles. The number of nitrogens with zero attached hydrogens (tertiary/aromatic N) is 5. The molecule has 0 spiro atoms. The molecule has 1 fully saturated rings. The van der Waals surface area contributed by atoms with Gasteiger partial charge in [0.2, 0.25) is 5.91 Å². The summed E-state index contributed by atoms with van der Waals surface area (Å²) in [5.74, 6) is 1.23. The second kappa shape index (κ2) is 7.01. The van der Waals surface area contributed by atoms with Gasteiger partial charge in [-0.1, -0.05) is 17.3 Å². The van der Waals surface area contributed by atoms with Gasteiger partial charge < -0.3 is 13.8 Å². The molecule has 29 heavy (non-hydrogen) atoms. The molecule has 0 radical (unpaired) electrons. The van der Waals surface area contributed by atoms with Crippen LogP contribution < -0.4 is 5.56 Å². The van der Waals surface area contributed by atoms with E-state index in [0.29, 0.717) is 41.5 Å². The highest BCUT2D eigenvalue weighted by Crippen LogP contribution is 2.27. The third-order valence-electron chi connectivity index (χ3n) is 5.12. The van der Waals surface area contributed by atoms with E-state index in [4.69, 9.17) is 8.94 Å². The molecule has 1 atom stereocenters. The Morgan fingerprint density at radius 1 is 1.21 bits per heavy atom. The largest absolute Gasteiger partial charge is 0.459 e. The lowest BCUT2D eigenvalue weighted by molar-refractivity contribution is -0.130. The van der Waals surface area contributed by atoms with Gasteiger partial charge in [0, 0.05) is 19.0 Å². The average Bonchev–Trinajstić information content (AvgIpc) is 3.50. The summed E-state index contributed by atoms with van der Waals surface area (Å²) < 4.78 is 11.9. The maximum Gasteiger partial charge on any atom is 0.293 e. The topological polar surface area (TPSA) is 107 Å². The fraction of sp³-hybridized carbons (Fsp3) is 0.250. The van der Waals surface area contributed by atoms with E-state index in [-0.39, 0.29) is 23.9 Å². The Balaban J connectivity index is 1.29. The molecule has 4 aromatic rings. The number of likely N-dealkylation sites (tertiary alicyclic amines) is 1. The van der Waals surface area contributed by atoms with E-state index in [1.807, 2.05) is 6.07 Å². The number of carbonyl (C=O) groups is 1. The second-order valence-corrected chi connectivity index (χ2v) is 6.96. The molecule has 4 heterocycles. The third kappa shape index (κ3) is 3.20. The highest BCUT2D eigenvalue weighted by molar-refractivity contribution is 5.79. The van der Waals surface area contributed by atoms with E-state index in [1.165, 1.54) is 10.9 Å². The number of amides is 1. The van der Waals surface area contributed by atoms with E-state index in [9.17, 15) is 9.59 Å². The van der Waals surface area contributed by atoms with Crippen LogP contribution in [0.1, 0.15) is 18.2 Å². The summed E-state index contributed by atoms with van der Waals surface area (Å²) >= 11 is 0. The van der Waals surface area contributed by atoms with Crippen molar-refractivity contribution >= 4 is 16.8 Å². The maximum absolute atomic E-state index is 12.7. The predicted octanol–water partition coefficient (Wildman–Crippen LogP) is 2.06. The molecule has 0 N–H and O–H groups in total. The number of carbonyl (C=O) groups excluding carboxylic acids is 1. The average molecular weight is 391 g/mol. The standard InChI is InChI=1S/C20H17N5O4/c26-17(11-25-12-21-15-5-2-1-4-14(15)20(25)27)24-8-7-13(10-24)18-22-19(29-23-18)16-6-3-9-28-16/h1-6,9,12-13H,7-8,10-11H2. The van der Waals surface area contributed by atoms with E-state index in [1.54, 1.807) is 41.5 Å². The smallest absolute Gasteiger partial charge is 0.293 e. The van der Waals surface area contributed by atoms with Gasteiger partial charge in [-0.15, -0.1) is 0 Å². The minimum Gasteiger partial charge on any atom is -0.459 e. The Bertz CT molecular complexity index is 1230. The van der Waals surface area contributed by atoms with Gasteiger partial charge in [0.05, 0.1) is 23.5 Å². The zero-order valence-corrected chi connectivity index (χ0v) is 15.4. The highest BCUT2D eigenvalue weighted by Gasteiger charge is 2.31. The molecule has 5 rings (SSSR count). The molecule has 1 unspecified atom stereocenters. The Morgan fingerprint density at radius 2 is 2.10 bits per heavy atom. The van der Waals surface area contributed by atoms with E-state index in [0.717, 1.165) is 6.42 Å². The monoisotopic (exact) mass is 391 g/mol. The maximum atomic E-state index is 12.7. The van der Waals surface area contributed by atoms with Gasteiger partial charge in [-0.2, -0.15) is 4.98 Å². The number of rotatable bonds is 4. The molecular weight excluding hydrogens is 374 g/mol. The van der Waals surface area contributed by atoms with Crippen molar-refractivity contribution in [2.24, 2.45) is 0 Å². The van der Waals surface area contributed by atoms with Crippen molar-refractivity contribution in [3.05, 3.63) is 65.2 Å². The quantitative estimate of drug-likeness (QED) is 0.524. The summed E-state index contributed by atoms with van der Waals surface area (Å²) in [5, 5.41) is 4.53. The van der Waals surface area contributed by atoms with Crippen LogP contribution in [0.15, 0.2) is 62.7 Å². The van der Waals surface area contributed by atoms with Gasteiger partial charge in [-0.25, -0.2) is 4.98 Å². The predicted molar refractivity (Wildman–Crippen MR) is 102 cm³/mol. The van der Waals surface area contributed by atoms with Crippen LogP contribution >= 0.6 is 0 Å². The van der Waals surface area contributed by atoms with Gasteiger partial charge in [0.25, 0.3) is 11.4 Å². The Morgan fingerprint density at radius 3 is 2.97 bits per heavy atom. The molecule has 9 heteroatoms. The number of hydrogen-bond acceptors (Lipinski definition) is 7. The molecule has 146 valence electrons. The first kappa shape index (κ1) is 17.4. The van der Waals surface area contributed by atoms with Gasteiger partial charge in [0.15, 0.2) is 11.6 Å². The van der Waals surface area contributed by atoms with Crippen LogP contribution in [0, 0.1) is 0 Å². The van der Waals surface area contributed by atoms with Crippen molar-refractivity contribution in [3.8, 4) is 11.7 Å². The van der Waals surface area contributed by atoms with Crippen LogP contribution in [0.25, 0.3) is 22.6 Å². The molecule has 9 nitrogen and oxygen atoms in total. The van der Waals surface area contributed by atoms with Gasteiger partial charge in [0.1, 0.15) is 6.54 Å². The van der Waals surface area contributed by atoms with E-state index >= 15 is 0 Å². The summed E-state index contributed by atoms with van der Waals surface area (Å²) in [7, 11) is 0. The van der Waals surface area contributed by atoms with Crippen molar-refractivity contribution in [1.82, 2.24) is 24.6 Å². The summed E-state index contributed by atoms with van der Waals surface area (Å²) in [6.07, 6.45) is 3.69. The fourth-order valence-electron chi connectivity index (χ4n) is 3.56. The number of hydrogen-bond donors (Lipinski definition) is 0. The molecule has 1 aromatic carbocycles. The van der Waals surface area contributed by atoms with Crippen LogP contribution in [-0.4, -0.2) is 43.6 Å². The molecule has 1 aliphatic heterocycles. The van der Waals surface area contributed by atoms with E-state index in [2.05, 4.69) is 15.1 Å². The van der Waals surface area contributed by atoms with Crippen LogP contribution in [0.3, 0.4) is 0 Å². The molecule has 1 saturated heterocycles. The van der Waals surface area contributed by atoms with Crippen molar-refractivity contribution in [2.45, 2.75) is 18.9 Å². The summed E-state index contributed by atoms with van der Waals surface area (Å²) in [4.78, 5) is 35.7. The number of furan rings is 1. The molecule has 0 bridgehead atoms. The number of benzene rings is 1. The zero-order valence-electron chi connectivity index (χ0n) is 15.4. The molecule has 1 aliphatic rings. The van der Waals surface area contributed by atoms with Crippen LogP contribution in [0.4, 0.5) is 0 Å². The first-order valence-corrected chi connectivity index (χ1v) is 9.28.